The number of carbonyl (C=O) groups is 1. The van der Waals surface area contributed by atoms with Crippen molar-refractivity contribution < 1.29 is 17.9 Å². The maximum atomic E-state index is 13.5. The fourth-order valence-corrected chi connectivity index (χ4v) is 6.26. The summed E-state index contributed by atoms with van der Waals surface area (Å²) >= 11 is 5.07. The van der Waals surface area contributed by atoms with Gasteiger partial charge < -0.3 is 10.1 Å². The molecule has 0 unspecified atom stereocenters. The number of ether oxygens (including phenoxy) is 1. The Balaban J connectivity index is 1.68. The largest absolute Gasteiger partial charge is 0.496 e. The van der Waals surface area contributed by atoms with E-state index in [0.717, 1.165) is 22.0 Å². The highest BCUT2D eigenvalue weighted by atomic mass is 79.9. The summed E-state index contributed by atoms with van der Waals surface area (Å²) in [5.41, 5.74) is 2.64. The summed E-state index contributed by atoms with van der Waals surface area (Å²) in [5, 5.41) is 2.86. The molecular formula is C26H29BrN2O4S2. The third kappa shape index (κ3) is 7.49. The maximum absolute atomic E-state index is 13.5. The Bertz CT molecular complexity index is 1250. The minimum Gasteiger partial charge on any atom is -0.496 e. The van der Waals surface area contributed by atoms with Crippen molar-refractivity contribution in [2.24, 2.45) is 0 Å². The van der Waals surface area contributed by atoms with E-state index in [1.165, 1.54) is 29.7 Å². The first-order chi connectivity index (χ1) is 16.7. The third-order valence-electron chi connectivity index (χ3n) is 5.25. The predicted octanol–water partition coefficient (Wildman–Crippen LogP) is 5.57. The summed E-state index contributed by atoms with van der Waals surface area (Å²) in [5.74, 6) is 1.01. The van der Waals surface area contributed by atoms with Crippen LogP contribution in [-0.2, 0) is 14.8 Å². The molecule has 0 atom stereocenters. The lowest BCUT2D eigenvalue weighted by Gasteiger charge is -2.24. The highest BCUT2D eigenvalue weighted by molar-refractivity contribution is 9.10. The van der Waals surface area contributed by atoms with E-state index in [-0.39, 0.29) is 17.3 Å². The average molecular weight is 578 g/mol. The molecule has 0 heterocycles. The van der Waals surface area contributed by atoms with Crippen LogP contribution in [0.4, 0.5) is 5.69 Å². The summed E-state index contributed by atoms with van der Waals surface area (Å²) in [6.07, 6.45) is 0.771. The molecule has 0 radical (unpaired) electrons. The monoisotopic (exact) mass is 576 g/mol. The zero-order chi connectivity index (χ0) is 25.4. The second kappa shape index (κ2) is 12.5. The lowest BCUT2D eigenvalue weighted by Crippen LogP contribution is -2.41. The molecule has 3 aromatic rings. The van der Waals surface area contributed by atoms with Gasteiger partial charge in [0.15, 0.2) is 0 Å². The van der Waals surface area contributed by atoms with Gasteiger partial charge in [0.05, 0.1) is 22.2 Å². The van der Waals surface area contributed by atoms with Crippen LogP contribution in [0.25, 0.3) is 0 Å². The number of benzene rings is 3. The van der Waals surface area contributed by atoms with Gasteiger partial charge in [0, 0.05) is 11.4 Å². The van der Waals surface area contributed by atoms with Gasteiger partial charge in [-0.2, -0.15) is 0 Å². The number of aryl methyl sites for hydroxylation is 2. The van der Waals surface area contributed by atoms with Crippen molar-refractivity contribution in [1.82, 2.24) is 5.32 Å². The van der Waals surface area contributed by atoms with Gasteiger partial charge in [0.2, 0.25) is 5.91 Å². The van der Waals surface area contributed by atoms with Gasteiger partial charge in [0.25, 0.3) is 10.0 Å². The predicted molar refractivity (Wildman–Crippen MR) is 146 cm³/mol. The first-order valence-corrected chi connectivity index (χ1v) is 14.3. The molecule has 0 spiro atoms. The quantitative estimate of drug-likeness (QED) is 0.238. The fraction of sp³-hybridized carbons (Fsp3) is 0.269. The number of hydrogen-bond acceptors (Lipinski definition) is 5. The Morgan fingerprint density at radius 1 is 1.00 bits per heavy atom. The van der Waals surface area contributed by atoms with Gasteiger partial charge in [0.1, 0.15) is 12.3 Å². The molecule has 0 saturated carbocycles. The summed E-state index contributed by atoms with van der Waals surface area (Å²) in [6, 6.07) is 19.9. The molecule has 9 heteroatoms. The molecule has 3 aromatic carbocycles. The smallest absolute Gasteiger partial charge is 0.264 e. The van der Waals surface area contributed by atoms with Gasteiger partial charge in [-0.1, -0.05) is 35.4 Å². The van der Waals surface area contributed by atoms with Crippen LogP contribution in [0.3, 0.4) is 0 Å². The summed E-state index contributed by atoms with van der Waals surface area (Å²) in [4.78, 5) is 14.0. The molecular weight excluding hydrogens is 548 g/mol. The summed E-state index contributed by atoms with van der Waals surface area (Å²) in [7, 11) is -2.49. The molecule has 0 saturated heterocycles. The molecule has 0 aromatic heterocycles. The highest BCUT2D eigenvalue weighted by Gasteiger charge is 2.28. The number of anilines is 1. The minimum atomic E-state index is -4.00. The number of amides is 1. The van der Waals surface area contributed by atoms with Crippen LogP contribution in [0, 0.1) is 13.8 Å². The van der Waals surface area contributed by atoms with Crippen LogP contribution in [0.2, 0.25) is 0 Å². The molecule has 186 valence electrons. The minimum absolute atomic E-state index is 0.0630. The number of hydrogen-bond donors (Lipinski definition) is 1. The average Bonchev–Trinajstić information content (AvgIpc) is 2.84. The Morgan fingerprint density at radius 3 is 2.23 bits per heavy atom. The summed E-state index contributed by atoms with van der Waals surface area (Å²) < 4.78 is 33.9. The van der Waals surface area contributed by atoms with Crippen molar-refractivity contribution in [1.29, 1.82) is 0 Å². The van der Waals surface area contributed by atoms with E-state index in [2.05, 4.69) is 52.4 Å². The zero-order valence-electron chi connectivity index (χ0n) is 20.0. The first kappa shape index (κ1) is 27.1. The number of carbonyl (C=O) groups excluding carboxylic acids is 1. The lowest BCUT2D eigenvalue weighted by molar-refractivity contribution is -0.119. The van der Waals surface area contributed by atoms with E-state index in [4.69, 9.17) is 4.74 Å². The van der Waals surface area contributed by atoms with E-state index in [1.54, 1.807) is 30.0 Å². The molecule has 0 aliphatic carbocycles. The van der Waals surface area contributed by atoms with E-state index in [0.29, 0.717) is 22.5 Å². The number of halogens is 1. The van der Waals surface area contributed by atoms with Crippen molar-refractivity contribution in [2.75, 3.05) is 30.3 Å². The van der Waals surface area contributed by atoms with Crippen LogP contribution >= 0.6 is 27.7 Å². The molecule has 0 aliphatic heterocycles. The Morgan fingerprint density at radius 2 is 1.63 bits per heavy atom. The Kier molecular flexibility index (Phi) is 9.65. The topological polar surface area (TPSA) is 75.7 Å². The van der Waals surface area contributed by atoms with Crippen LogP contribution in [0.1, 0.15) is 17.5 Å². The van der Waals surface area contributed by atoms with E-state index < -0.39 is 10.0 Å². The van der Waals surface area contributed by atoms with E-state index >= 15 is 0 Å². The summed E-state index contributed by atoms with van der Waals surface area (Å²) in [6.45, 7) is 4.12. The van der Waals surface area contributed by atoms with Crippen molar-refractivity contribution in [3.8, 4) is 5.75 Å². The maximum Gasteiger partial charge on any atom is 0.264 e. The molecule has 0 aliphatic rings. The second-order valence-electron chi connectivity index (χ2n) is 8.01. The molecule has 0 bridgehead atoms. The van der Waals surface area contributed by atoms with Crippen molar-refractivity contribution in [2.45, 2.75) is 30.1 Å². The number of sulfonamides is 1. The molecule has 1 amide bonds. The fourth-order valence-electron chi connectivity index (χ4n) is 3.27. The van der Waals surface area contributed by atoms with Crippen LogP contribution in [-0.4, -0.2) is 40.3 Å². The Hall–Kier alpha value is -2.49. The van der Waals surface area contributed by atoms with E-state index in [1.807, 2.05) is 19.1 Å². The molecule has 0 fully saturated rings. The second-order valence-corrected chi connectivity index (χ2v) is 11.9. The van der Waals surface area contributed by atoms with Crippen molar-refractivity contribution in [3.63, 3.8) is 0 Å². The van der Waals surface area contributed by atoms with Crippen molar-refractivity contribution in [3.05, 3.63) is 82.3 Å². The number of thioether (sulfide) groups is 1. The number of nitrogens with zero attached hydrogens (tertiary/aromatic N) is 1. The standard InChI is InChI=1S/C26H29BrN2O4S2/c1-19-5-9-21(10-6-19)29(35(31,32)23-13-14-25(33-3)24(27)17-23)18-26(30)28-15-4-16-34-22-11-7-20(2)8-12-22/h5-14,17H,4,15-16,18H2,1-3H3,(H,28,30). The zero-order valence-corrected chi connectivity index (χ0v) is 23.2. The molecule has 6 nitrogen and oxygen atoms in total. The molecule has 35 heavy (non-hydrogen) atoms. The van der Waals surface area contributed by atoms with Gasteiger partial charge in [-0.15, -0.1) is 11.8 Å². The number of rotatable bonds is 11. The Labute approximate surface area is 220 Å². The van der Waals surface area contributed by atoms with E-state index in [9.17, 15) is 13.2 Å². The van der Waals surface area contributed by atoms with Crippen LogP contribution < -0.4 is 14.4 Å². The SMILES string of the molecule is COc1ccc(S(=O)(=O)N(CC(=O)NCCCSc2ccc(C)cc2)c2ccc(C)cc2)cc1Br. The highest BCUT2D eigenvalue weighted by Crippen LogP contribution is 2.30. The van der Waals surface area contributed by atoms with Crippen LogP contribution in [0.5, 0.6) is 5.75 Å². The molecule has 1 N–H and O–H groups in total. The van der Waals surface area contributed by atoms with Crippen LogP contribution in [0.15, 0.2) is 81.0 Å². The normalized spacial score (nSPS) is 11.2. The van der Waals surface area contributed by atoms with Gasteiger partial charge in [-0.05, 0) is 84.4 Å². The molecule has 3 rings (SSSR count). The first-order valence-electron chi connectivity index (χ1n) is 11.1. The van der Waals surface area contributed by atoms with Crippen molar-refractivity contribution >= 4 is 49.3 Å². The number of nitrogens with one attached hydrogen (secondary N) is 1. The van der Waals surface area contributed by atoms with Gasteiger partial charge >= 0.3 is 0 Å². The number of methoxy groups -OCH3 is 1. The lowest BCUT2D eigenvalue weighted by atomic mass is 10.2. The van der Waals surface area contributed by atoms with Gasteiger partial charge in [-0.3, -0.25) is 9.10 Å². The van der Waals surface area contributed by atoms with Gasteiger partial charge in [-0.25, -0.2) is 8.42 Å². The third-order valence-corrected chi connectivity index (χ3v) is 8.74.